The van der Waals surface area contributed by atoms with Gasteiger partial charge >= 0.3 is 0 Å². The van der Waals surface area contributed by atoms with Gasteiger partial charge < -0.3 is 5.73 Å². The quantitative estimate of drug-likeness (QED) is 0.735. The summed E-state index contributed by atoms with van der Waals surface area (Å²) in [6.45, 7) is 0. The maximum absolute atomic E-state index is 5.39. The second-order valence-electron chi connectivity index (χ2n) is 2.28. The molecule has 0 aliphatic carbocycles. The number of anilines is 1. The molecule has 0 amide bonds. The Morgan fingerprint density at radius 3 is 2.92 bits per heavy atom. The van der Waals surface area contributed by atoms with Crippen molar-refractivity contribution in [1.29, 1.82) is 0 Å². The van der Waals surface area contributed by atoms with Crippen LogP contribution in [0.4, 0.5) is 5.95 Å². The third kappa shape index (κ3) is 1.12. The first-order valence-corrected chi connectivity index (χ1v) is 4.11. The van der Waals surface area contributed by atoms with Gasteiger partial charge in [-0.2, -0.15) is 0 Å². The highest BCUT2D eigenvalue weighted by Crippen LogP contribution is 2.19. The number of fused-ring (bicyclic) bond motifs is 1. The van der Waals surface area contributed by atoms with E-state index in [1.165, 1.54) is 0 Å². The number of benzene rings is 1. The van der Waals surface area contributed by atoms with Crippen LogP contribution in [0.2, 0.25) is 0 Å². The van der Waals surface area contributed by atoms with Crippen molar-refractivity contribution in [2.75, 3.05) is 5.73 Å². The number of aromatic nitrogens is 3. The molecule has 0 radical (unpaired) electrons. The Morgan fingerprint density at radius 2 is 2.08 bits per heavy atom. The lowest BCUT2D eigenvalue weighted by atomic mass is 10.3. The standard InChI is InChI=1S/C7H5BrN4/c8-4-2-1-3-5-6(4)10-7(9)12-11-5/h1-3H,(H2,9,10,12). The lowest BCUT2D eigenvalue weighted by Crippen LogP contribution is -1.97. The number of hydrogen-bond acceptors (Lipinski definition) is 4. The molecule has 0 aliphatic rings. The molecule has 1 heterocycles. The average Bonchev–Trinajstić information content (AvgIpc) is 2.07. The van der Waals surface area contributed by atoms with Crippen LogP contribution in [-0.2, 0) is 0 Å². The fraction of sp³-hybridized carbons (Fsp3) is 0. The molecule has 1 aromatic carbocycles. The van der Waals surface area contributed by atoms with E-state index in [-0.39, 0.29) is 5.95 Å². The van der Waals surface area contributed by atoms with E-state index in [1.807, 2.05) is 18.2 Å². The Hall–Kier alpha value is -1.23. The van der Waals surface area contributed by atoms with E-state index in [9.17, 15) is 0 Å². The van der Waals surface area contributed by atoms with Gasteiger partial charge in [-0.15, -0.1) is 10.2 Å². The highest BCUT2D eigenvalue weighted by Gasteiger charge is 2.00. The van der Waals surface area contributed by atoms with Gasteiger partial charge in [0.15, 0.2) is 0 Å². The van der Waals surface area contributed by atoms with Gasteiger partial charge in [-0.05, 0) is 28.1 Å². The van der Waals surface area contributed by atoms with Gasteiger partial charge in [0, 0.05) is 4.47 Å². The SMILES string of the molecule is Nc1nnc2cccc(Br)c2n1. The molecule has 2 rings (SSSR count). The largest absolute Gasteiger partial charge is 0.366 e. The molecule has 0 saturated carbocycles. The second-order valence-corrected chi connectivity index (χ2v) is 3.13. The molecule has 60 valence electrons. The van der Waals surface area contributed by atoms with Gasteiger partial charge in [-0.3, -0.25) is 0 Å². The molecule has 0 aliphatic heterocycles. The summed E-state index contributed by atoms with van der Waals surface area (Å²) in [6.07, 6.45) is 0. The Morgan fingerprint density at radius 1 is 1.25 bits per heavy atom. The third-order valence-electron chi connectivity index (χ3n) is 1.45. The molecule has 0 saturated heterocycles. The third-order valence-corrected chi connectivity index (χ3v) is 2.09. The van der Waals surface area contributed by atoms with Crippen molar-refractivity contribution < 1.29 is 0 Å². The van der Waals surface area contributed by atoms with Gasteiger partial charge in [0.2, 0.25) is 5.95 Å². The van der Waals surface area contributed by atoms with Gasteiger partial charge in [0.1, 0.15) is 11.0 Å². The minimum absolute atomic E-state index is 0.189. The molecule has 12 heavy (non-hydrogen) atoms. The summed E-state index contributed by atoms with van der Waals surface area (Å²) in [5.74, 6) is 0.189. The first-order chi connectivity index (χ1) is 5.77. The normalized spacial score (nSPS) is 10.4. The lowest BCUT2D eigenvalue weighted by molar-refractivity contribution is 1.04. The summed E-state index contributed by atoms with van der Waals surface area (Å²) < 4.78 is 0.876. The lowest BCUT2D eigenvalue weighted by Gasteiger charge is -1.97. The smallest absolute Gasteiger partial charge is 0.240 e. The Balaban J connectivity index is 2.88. The van der Waals surface area contributed by atoms with E-state index in [4.69, 9.17) is 5.73 Å². The summed E-state index contributed by atoms with van der Waals surface area (Å²) in [7, 11) is 0. The van der Waals surface area contributed by atoms with E-state index < -0.39 is 0 Å². The van der Waals surface area contributed by atoms with Crippen LogP contribution in [0.3, 0.4) is 0 Å². The number of nitrogen functional groups attached to an aromatic ring is 1. The van der Waals surface area contributed by atoms with Gasteiger partial charge in [0.05, 0.1) is 0 Å². The molecule has 2 aromatic rings. The van der Waals surface area contributed by atoms with Crippen molar-refractivity contribution in [3.8, 4) is 0 Å². The van der Waals surface area contributed by atoms with Crippen LogP contribution in [0.15, 0.2) is 22.7 Å². The van der Waals surface area contributed by atoms with Crippen molar-refractivity contribution in [3.05, 3.63) is 22.7 Å². The van der Waals surface area contributed by atoms with Gasteiger partial charge in [0.25, 0.3) is 0 Å². The highest BCUT2D eigenvalue weighted by atomic mass is 79.9. The van der Waals surface area contributed by atoms with Crippen LogP contribution in [0.1, 0.15) is 0 Å². The number of rotatable bonds is 0. The zero-order valence-electron chi connectivity index (χ0n) is 6.03. The molecule has 0 fully saturated rings. The Kier molecular flexibility index (Phi) is 1.65. The minimum atomic E-state index is 0.189. The van der Waals surface area contributed by atoms with E-state index in [1.54, 1.807) is 0 Å². The fourth-order valence-corrected chi connectivity index (χ4v) is 1.38. The van der Waals surface area contributed by atoms with E-state index in [2.05, 4.69) is 31.1 Å². The molecule has 5 heteroatoms. The Bertz CT molecular complexity index is 429. The number of nitrogens with two attached hydrogens (primary N) is 1. The summed E-state index contributed by atoms with van der Waals surface area (Å²) >= 11 is 3.35. The summed E-state index contributed by atoms with van der Waals surface area (Å²) in [4.78, 5) is 4.03. The second kappa shape index (κ2) is 2.67. The molecule has 4 nitrogen and oxygen atoms in total. The number of para-hydroxylation sites is 1. The summed E-state index contributed by atoms with van der Waals surface area (Å²) in [6, 6.07) is 5.59. The zero-order valence-corrected chi connectivity index (χ0v) is 7.62. The molecular formula is C7H5BrN4. The zero-order chi connectivity index (χ0) is 8.55. The monoisotopic (exact) mass is 224 g/mol. The minimum Gasteiger partial charge on any atom is -0.366 e. The average molecular weight is 225 g/mol. The summed E-state index contributed by atoms with van der Waals surface area (Å²) in [5.41, 5.74) is 6.86. The van der Waals surface area contributed by atoms with Crippen molar-refractivity contribution in [2.24, 2.45) is 0 Å². The van der Waals surface area contributed by atoms with E-state index >= 15 is 0 Å². The van der Waals surface area contributed by atoms with Gasteiger partial charge in [-0.1, -0.05) is 6.07 Å². The number of halogens is 1. The highest BCUT2D eigenvalue weighted by molar-refractivity contribution is 9.10. The summed E-state index contributed by atoms with van der Waals surface area (Å²) in [5, 5.41) is 7.52. The first-order valence-electron chi connectivity index (χ1n) is 3.32. The van der Waals surface area contributed by atoms with Crippen LogP contribution in [0.5, 0.6) is 0 Å². The first kappa shape index (κ1) is 7.42. The molecule has 0 bridgehead atoms. The van der Waals surface area contributed by atoms with Gasteiger partial charge in [-0.25, -0.2) is 4.98 Å². The predicted molar refractivity (Wildman–Crippen MR) is 49.4 cm³/mol. The molecule has 0 atom stereocenters. The van der Waals surface area contributed by atoms with Crippen LogP contribution in [0.25, 0.3) is 11.0 Å². The van der Waals surface area contributed by atoms with Crippen LogP contribution < -0.4 is 5.73 Å². The van der Waals surface area contributed by atoms with Crippen molar-refractivity contribution in [2.45, 2.75) is 0 Å². The molecular weight excluding hydrogens is 220 g/mol. The van der Waals surface area contributed by atoms with E-state index in [0.29, 0.717) is 0 Å². The molecule has 0 spiro atoms. The van der Waals surface area contributed by atoms with Crippen molar-refractivity contribution >= 4 is 32.9 Å². The van der Waals surface area contributed by atoms with E-state index in [0.717, 1.165) is 15.5 Å². The Labute approximate surface area is 76.9 Å². The maximum Gasteiger partial charge on any atom is 0.240 e. The topological polar surface area (TPSA) is 64.7 Å². The van der Waals surface area contributed by atoms with Crippen LogP contribution >= 0.6 is 15.9 Å². The number of nitrogens with zero attached hydrogens (tertiary/aromatic N) is 3. The number of hydrogen-bond donors (Lipinski definition) is 1. The predicted octanol–water partition coefficient (Wildman–Crippen LogP) is 1.37. The van der Waals surface area contributed by atoms with Crippen molar-refractivity contribution in [3.63, 3.8) is 0 Å². The fourth-order valence-electron chi connectivity index (χ4n) is 0.937. The van der Waals surface area contributed by atoms with Crippen molar-refractivity contribution in [1.82, 2.24) is 15.2 Å². The van der Waals surface area contributed by atoms with Crippen LogP contribution in [0, 0.1) is 0 Å². The molecule has 2 N–H and O–H groups in total. The molecule has 1 aromatic heterocycles. The van der Waals surface area contributed by atoms with Crippen LogP contribution in [-0.4, -0.2) is 15.2 Å². The maximum atomic E-state index is 5.39. The molecule has 0 unspecified atom stereocenters.